The Morgan fingerprint density at radius 3 is 2.53 bits per heavy atom. The molecule has 0 aliphatic rings. The van der Waals surface area contributed by atoms with Crippen molar-refractivity contribution in [2.24, 2.45) is 16.5 Å². The number of nitrogens with one attached hydrogen (secondary N) is 1. The fraction of sp³-hybridized carbons (Fsp3) is 0.333. The lowest BCUT2D eigenvalue weighted by Crippen LogP contribution is -2.23. The topological polar surface area (TPSA) is 88.2 Å². The molecule has 0 atom stereocenters. The lowest BCUT2D eigenvalue weighted by atomic mass is 10.1. The second-order valence-electron chi connectivity index (χ2n) is 3.63. The van der Waals surface area contributed by atoms with Crippen molar-refractivity contribution >= 4 is 22.9 Å². The van der Waals surface area contributed by atoms with E-state index in [9.17, 15) is 0 Å². The summed E-state index contributed by atoms with van der Waals surface area (Å²) in [6.07, 6.45) is 3.26. The molecule has 0 unspecified atom stereocenters. The van der Waals surface area contributed by atoms with Crippen LogP contribution in [0.15, 0.2) is 35.3 Å². The molecule has 0 radical (unpaired) electrons. The molecule has 1 aromatic carbocycles. The molecule has 0 aliphatic heterocycles. The summed E-state index contributed by atoms with van der Waals surface area (Å²) in [6.45, 7) is 0. The van der Waals surface area contributed by atoms with Crippen LogP contribution in [0.1, 0.15) is 18.4 Å². The number of hydrogen-bond donors (Lipinski definition) is 3. The van der Waals surface area contributed by atoms with E-state index in [0.29, 0.717) is 0 Å². The molecule has 17 heavy (non-hydrogen) atoms. The number of aliphatic imine (C=N–C) groups is 1. The van der Waals surface area contributed by atoms with E-state index in [2.05, 4.69) is 29.3 Å². The quantitative estimate of drug-likeness (QED) is 0.424. The zero-order valence-corrected chi connectivity index (χ0v) is 10.5. The highest BCUT2D eigenvalue weighted by molar-refractivity contribution is 8.13. The molecule has 0 saturated carbocycles. The zero-order valence-electron chi connectivity index (χ0n) is 9.73. The summed E-state index contributed by atoms with van der Waals surface area (Å²) in [5, 5.41) is 7.62. The molecule has 0 saturated heterocycles. The van der Waals surface area contributed by atoms with Gasteiger partial charge in [-0.25, -0.2) is 0 Å². The van der Waals surface area contributed by atoms with Crippen LogP contribution in [0.5, 0.6) is 0 Å². The molecule has 0 fully saturated rings. The number of amidine groups is 1. The fourth-order valence-corrected chi connectivity index (χ4v) is 2.11. The van der Waals surface area contributed by atoms with Gasteiger partial charge in [-0.05, 0) is 24.8 Å². The van der Waals surface area contributed by atoms with E-state index in [0.717, 1.165) is 25.0 Å². The van der Waals surface area contributed by atoms with Gasteiger partial charge < -0.3 is 11.5 Å². The van der Waals surface area contributed by atoms with E-state index in [1.807, 2.05) is 6.07 Å². The van der Waals surface area contributed by atoms with Gasteiger partial charge in [0.05, 0.1) is 0 Å². The number of hydrogen-bond acceptors (Lipinski definition) is 2. The standard InChI is InChI=1S/C12H18N4S/c13-11(14)16-12(15)17-9-5-4-8-10-6-2-1-3-7-10/h1-3,6-7H,4-5,8-9H2,(H5,13,14,15,16). The molecule has 0 spiro atoms. The molecule has 1 aromatic rings. The molecule has 92 valence electrons. The van der Waals surface area contributed by atoms with Gasteiger partial charge in [0.2, 0.25) is 0 Å². The number of unbranched alkanes of at least 4 members (excludes halogenated alkanes) is 1. The van der Waals surface area contributed by atoms with Crippen LogP contribution < -0.4 is 11.5 Å². The smallest absolute Gasteiger partial charge is 0.193 e. The maximum Gasteiger partial charge on any atom is 0.193 e. The molecule has 0 heterocycles. The Kier molecular flexibility index (Phi) is 6.17. The van der Waals surface area contributed by atoms with Gasteiger partial charge in [0, 0.05) is 5.75 Å². The summed E-state index contributed by atoms with van der Waals surface area (Å²) in [4.78, 5) is 3.65. The van der Waals surface area contributed by atoms with Crippen molar-refractivity contribution in [1.29, 1.82) is 5.41 Å². The van der Waals surface area contributed by atoms with Crippen molar-refractivity contribution in [3.8, 4) is 0 Å². The fourth-order valence-electron chi connectivity index (χ4n) is 1.39. The van der Waals surface area contributed by atoms with Crippen LogP contribution in [0.3, 0.4) is 0 Å². The molecule has 4 nitrogen and oxygen atoms in total. The van der Waals surface area contributed by atoms with E-state index in [1.54, 1.807) is 0 Å². The first-order valence-corrected chi connectivity index (χ1v) is 6.52. The second-order valence-corrected chi connectivity index (χ2v) is 4.72. The first kappa shape index (κ1) is 13.6. The van der Waals surface area contributed by atoms with E-state index in [4.69, 9.17) is 16.9 Å². The van der Waals surface area contributed by atoms with Gasteiger partial charge in [-0.1, -0.05) is 42.1 Å². The van der Waals surface area contributed by atoms with Crippen molar-refractivity contribution in [2.75, 3.05) is 5.75 Å². The van der Waals surface area contributed by atoms with Crippen molar-refractivity contribution in [3.63, 3.8) is 0 Å². The van der Waals surface area contributed by atoms with Gasteiger partial charge in [0.1, 0.15) is 0 Å². The van der Waals surface area contributed by atoms with Crippen LogP contribution in [0.25, 0.3) is 0 Å². The SMILES string of the molecule is N=C(N=C(N)N)SCCCCc1ccccc1. The van der Waals surface area contributed by atoms with E-state index in [1.165, 1.54) is 17.3 Å². The van der Waals surface area contributed by atoms with Crippen LogP contribution >= 0.6 is 11.8 Å². The monoisotopic (exact) mass is 250 g/mol. The third-order valence-corrected chi connectivity index (χ3v) is 3.03. The van der Waals surface area contributed by atoms with Crippen LogP contribution in [0.2, 0.25) is 0 Å². The van der Waals surface area contributed by atoms with Gasteiger partial charge in [-0.2, -0.15) is 4.99 Å². The Morgan fingerprint density at radius 1 is 1.18 bits per heavy atom. The number of rotatable bonds is 5. The van der Waals surface area contributed by atoms with E-state index >= 15 is 0 Å². The second kappa shape index (κ2) is 7.73. The van der Waals surface area contributed by atoms with Crippen LogP contribution in [0.4, 0.5) is 0 Å². The normalized spacial score (nSPS) is 9.88. The van der Waals surface area contributed by atoms with Crippen molar-refractivity contribution in [3.05, 3.63) is 35.9 Å². The molecular formula is C12H18N4S. The van der Waals surface area contributed by atoms with Gasteiger partial charge >= 0.3 is 0 Å². The summed E-state index contributed by atoms with van der Waals surface area (Å²) >= 11 is 1.38. The summed E-state index contributed by atoms with van der Waals surface area (Å²) in [6, 6.07) is 10.4. The maximum atomic E-state index is 7.43. The highest BCUT2D eigenvalue weighted by Gasteiger charge is 1.97. The number of nitrogens with two attached hydrogens (primary N) is 2. The average Bonchev–Trinajstić information content (AvgIpc) is 2.29. The summed E-state index contributed by atoms with van der Waals surface area (Å²) in [5.41, 5.74) is 11.7. The molecule has 0 bridgehead atoms. The van der Waals surface area contributed by atoms with Crippen molar-refractivity contribution in [2.45, 2.75) is 19.3 Å². The first-order valence-electron chi connectivity index (χ1n) is 5.53. The van der Waals surface area contributed by atoms with Gasteiger partial charge in [0.25, 0.3) is 0 Å². The van der Waals surface area contributed by atoms with Crippen LogP contribution in [-0.2, 0) is 6.42 Å². The minimum atomic E-state index is -0.0493. The first-order chi connectivity index (χ1) is 8.18. The Hall–Kier alpha value is -1.49. The van der Waals surface area contributed by atoms with Gasteiger partial charge in [0.15, 0.2) is 11.1 Å². The van der Waals surface area contributed by atoms with Crippen molar-refractivity contribution < 1.29 is 0 Å². The number of nitrogens with zero attached hydrogens (tertiary/aromatic N) is 1. The highest BCUT2D eigenvalue weighted by Crippen LogP contribution is 2.10. The van der Waals surface area contributed by atoms with Gasteiger partial charge in [-0.15, -0.1) is 0 Å². The van der Waals surface area contributed by atoms with Gasteiger partial charge in [-0.3, -0.25) is 5.41 Å². The number of benzene rings is 1. The molecule has 5 N–H and O–H groups in total. The highest BCUT2D eigenvalue weighted by atomic mass is 32.2. The molecular weight excluding hydrogens is 232 g/mol. The Bertz CT molecular complexity index is 371. The summed E-state index contributed by atoms with van der Waals surface area (Å²) < 4.78 is 0. The lowest BCUT2D eigenvalue weighted by molar-refractivity contribution is 0.803. The largest absolute Gasteiger partial charge is 0.370 e. The average molecular weight is 250 g/mol. The van der Waals surface area contributed by atoms with Crippen LogP contribution in [0, 0.1) is 5.41 Å². The number of aryl methyl sites for hydroxylation is 1. The molecule has 5 heteroatoms. The molecule has 0 amide bonds. The minimum absolute atomic E-state index is 0.0493. The Labute approximate surface area is 106 Å². The lowest BCUT2D eigenvalue weighted by Gasteiger charge is -2.01. The zero-order chi connectivity index (χ0) is 12.5. The van der Waals surface area contributed by atoms with E-state index in [-0.39, 0.29) is 11.1 Å². The Balaban J connectivity index is 2.09. The third kappa shape index (κ3) is 6.63. The Morgan fingerprint density at radius 2 is 1.88 bits per heavy atom. The van der Waals surface area contributed by atoms with E-state index < -0.39 is 0 Å². The van der Waals surface area contributed by atoms with Crippen molar-refractivity contribution in [1.82, 2.24) is 0 Å². The predicted molar refractivity (Wildman–Crippen MR) is 75.4 cm³/mol. The minimum Gasteiger partial charge on any atom is -0.370 e. The predicted octanol–water partition coefficient (Wildman–Crippen LogP) is 1.95. The molecule has 0 aliphatic carbocycles. The number of guanidine groups is 1. The summed E-state index contributed by atoms with van der Waals surface area (Å²) in [5.74, 6) is 0.828. The number of thioether (sulfide) groups is 1. The summed E-state index contributed by atoms with van der Waals surface area (Å²) in [7, 11) is 0. The molecule has 1 rings (SSSR count). The van der Waals surface area contributed by atoms with Crippen LogP contribution in [-0.4, -0.2) is 16.9 Å². The third-order valence-electron chi connectivity index (χ3n) is 2.17. The maximum absolute atomic E-state index is 7.43. The molecule has 0 aromatic heterocycles.